The van der Waals surface area contributed by atoms with E-state index in [1.54, 1.807) is 0 Å². The third-order valence-corrected chi connectivity index (χ3v) is 9.84. The molecule has 1 heteroatoms. The van der Waals surface area contributed by atoms with Crippen LogP contribution in [0.5, 0.6) is 0 Å². The van der Waals surface area contributed by atoms with Gasteiger partial charge in [-0.3, -0.25) is 0 Å². The van der Waals surface area contributed by atoms with Crippen molar-refractivity contribution in [3.8, 4) is 27.9 Å². The summed E-state index contributed by atoms with van der Waals surface area (Å²) in [5, 5.41) is 7.86. The lowest BCUT2D eigenvalue weighted by Gasteiger charge is -2.22. The predicted octanol–water partition coefficient (Wildman–Crippen LogP) is 11.4. The molecule has 0 bridgehead atoms. The van der Waals surface area contributed by atoms with Gasteiger partial charge in [0.15, 0.2) is 0 Å². The van der Waals surface area contributed by atoms with Crippen LogP contribution in [0, 0.1) is 6.92 Å². The van der Waals surface area contributed by atoms with Gasteiger partial charge >= 0.3 is 0 Å². The van der Waals surface area contributed by atoms with Crippen LogP contribution in [0.2, 0.25) is 0 Å². The number of fused-ring (bicyclic) bond motifs is 10. The fourth-order valence-corrected chi connectivity index (χ4v) is 7.65. The molecule has 0 saturated heterocycles. The standard InChI is InChI=1S/C42H31N/c1-26-15-17-27(18-16-26)28-9-8-10-30(23-28)43-39-14-7-5-12-34(39)41-33-20-19-29-24-36-32-11-4-6-13-37(32)42(2,3)38(36)25-35(29)31(33)21-22-40(41)43/h4-25H,1-3H3. The molecule has 1 aliphatic rings. The second-order valence-electron chi connectivity index (χ2n) is 12.7. The van der Waals surface area contributed by atoms with Gasteiger partial charge in [-0.2, -0.15) is 0 Å². The van der Waals surface area contributed by atoms with E-state index < -0.39 is 0 Å². The van der Waals surface area contributed by atoms with E-state index in [1.807, 2.05) is 0 Å². The zero-order chi connectivity index (χ0) is 28.9. The van der Waals surface area contributed by atoms with Crippen LogP contribution in [0.3, 0.4) is 0 Å². The number of aromatic nitrogens is 1. The molecule has 0 N–H and O–H groups in total. The first-order chi connectivity index (χ1) is 21.0. The Morgan fingerprint density at radius 3 is 2.16 bits per heavy atom. The van der Waals surface area contributed by atoms with Crippen molar-refractivity contribution >= 4 is 43.4 Å². The predicted molar refractivity (Wildman–Crippen MR) is 184 cm³/mol. The van der Waals surface area contributed by atoms with E-state index in [-0.39, 0.29) is 5.41 Å². The summed E-state index contributed by atoms with van der Waals surface area (Å²) < 4.78 is 2.44. The highest BCUT2D eigenvalue weighted by Gasteiger charge is 2.35. The molecule has 1 aromatic heterocycles. The Labute approximate surface area is 251 Å². The molecule has 1 aliphatic carbocycles. The van der Waals surface area contributed by atoms with Crippen molar-refractivity contribution in [1.29, 1.82) is 0 Å². The molecule has 7 aromatic carbocycles. The second kappa shape index (κ2) is 8.69. The van der Waals surface area contributed by atoms with Gasteiger partial charge in [0.2, 0.25) is 0 Å². The van der Waals surface area contributed by atoms with E-state index >= 15 is 0 Å². The molecule has 1 heterocycles. The molecule has 0 amide bonds. The van der Waals surface area contributed by atoms with Crippen LogP contribution in [-0.4, -0.2) is 4.57 Å². The first kappa shape index (κ1) is 24.5. The molecule has 9 rings (SSSR count). The summed E-state index contributed by atoms with van der Waals surface area (Å²) >= 11 is 0. The quantitative estimate of drug-likeness (QED) is 0.189. The van der Waals surface area contributed by atoms with Crippen molar-refractivity contribution in [2.75, 3.05) is 0 Å². The number of para-hydroxylation sites is 1. The molecule has 0 aliphatic heterocycles. The van der Waals surface area contributed by atoms with Crippen molar-refractivity contribution in [2.45, 2.75) is 26.2 Å². The van der Waals surface area contributed by atoms with Gasteiger partial charge in [0.25, 0.3) is 0 Å². The van der Waals surface area contributed by atoms with Gasteiger partial charge < -0.3 is 4.57 Å². The summed E-state index contributed by atoms with van der Waals surface area (Å²) in [6, 6.07) is 49.8. The first-order valence-corrected chi connectivity index (χ1v) is 15.2. The maximum atomic E-state index is 2.48. The summed E-state index contributed by atoms with van der Waals surface area (Å²) in [4.78, 5) is 0. The van der Waals surface area contributed by atoms with Gasteiger partial charge in [-0.1, -0.05) is 116 Å². The maximum Gasteiger partial charge on any atom is 0.0547 e. The fourth-order valence-electron chi connectivity index (χ4n) is 7.65. The van der Waals surface area contributed by atoms with Crippen molar-refractivity contribution < 1.29 is 0 Å². The van der Waals surface area contributed by atoms with Crippen LogP contribution < -0.4 is 0 Å². The zero-order valence-corrected chi connectivity index (χ0v) is 24.6. The number of rotatable bonds is 2. The highest BCUT2D eigenvalue weighted by molar-refractivity contribution is 6.25. The lowest BCUT2D eigenvalue weighted by molar-refractivity contribution is 0.661. The van der Waals surface area contributed by atoms with Crippen molar-refractivity contribution in [1.82, 2.24) is 4.57 Å². The van der Waals surface area contributed by atoms with Gasteiger partial charge in [0.05, 0.1) is 11.0 Å². The molecular weight excluding hydrogens is 518 g/mol. The third kappa shape index (κ3) is 3.40. The Balaban J connectivity index is 1.31. The summed E-state index contributed by atoms with van der Waals surface area (Å²) in [7, 11) is 0. The zero-order valence-electron chi connectivity index (χ0n) is 24.6. The van der Waals surface area contributed by atoms with Crippen molar-refractivity contribution in [2.24, 2.45) is 0 Å². The van der Waals surface area contributed by atoms with Gasteiger partial charge in [0, 0.05) is 21.9 Å². The molecule has 204 valence electrons. The monoisotopic (exact) mass is 549 g/mol. The normalized spacial score (nSPS) is 13.7. The molecule has 8 aromatic rings. The van der Waals surface area contributed by atoms with Crippen LogP contribution in [0.25, 0.3) is 71.3 Å². The van der Waals surface area contributed by atoms with Crippen LogP contribution in [0.1, 0.15) is 30.5 Å². The van der Waals surface area contributed by atoms with Crippen LogP contribution in [0.15, 0.2) is 133 Å². The van der Waals surface area contributed by atoms with E-state index in [1.165, 1.54) is 88.0 Å². The van der Waals surface area contributed by atoms with E-state index in [2.05, 4.69) is 159 Å². The number of aryl methyl sites for hydroxylation is 1. The van der Waals surface area contributed by atoms with Crippen LogP contribution >= 0.6 is 0 Å². The number of benzene rings is 7. The Bertz CT molecular complexity index is 2420. The smallest absolute Gasteiger partial charge is 0.0547 e. The highest BCUT2D eigenvalue weighted by Crippen LogP contribution is 2.50. The molecule has 0 radical (unpaired) electrons. The second-order valence-corrected chi connectivity index (χ2v) is 12.7. The summed E-state index contributed by atoms with van der Waals surface area (Å²) in [6.07, 6.45) is 0. The molecule has 1 nitrogen and oxygen atoms in total. The van der Waals surface area contributed by atoms with Crippen LogP contribution in [0.4, 0.5) is 0 Å². The first-order valence-electron chi connectivity index (χ1n) is 15.2. The average Bonchev–Trinajstić information content (AvgIpc) is 3.49. The minimum atomic E-state index is -0.0229. The molecular formula is C42H31N. The third-order valence-electron chi connectivity index (χ3n) is 9.84. The summed E-state index contributed by atoms with van der Waals surface area (Å²) in [6.45, 7) is 6.87. The minimum Gasteiger partial charge on any atom is -0.309 e. The number of hydrogen-bond donors (Lipinski definition) is 0. The van der Waals surface area contributed by atoms with E-state index in [0.29, 0.717) is 0 Å². The van der Waals surface area contributed by atoms with Gasteiger partial charge in [0.1, 0.15) is 0 Å². The van der Waals surface area contributed by atoms with Crippen molar-refractivity contribution in [3.63, 3.8) is 0 Å². The lowest BCUT2D eigenvalue weighted by atomic mass is 9.81. The Morgan fingerprint density at radius 1 is 0.488 bits per heavy atom. The molecule has 0 fully saturated rings. The summed E-state index contributed by atoms with van der Waals surface area (Å²) in [5.74, 6) is 0. The SMILES string of the molecule is Cc1ccc(-c2cccc(-n3c4ccccc4c4c5ccc6cc7c(cc6c5ccc43)C(C)(C)c3ccccc3-7)c2)cc1. The Morgan fingerprint density at radius 2 is 1.28 bits per heavy atom. The van der Waals surface area contributed by atoms with E-state index in [9.17, 15) is 0 Å². The van der Waals surface area contributed by atoms with Gasteiger partial charge in [-0.15, -0.1) is 0 Å². The number of nitrogens with zero attached hydrogens (tertiary/aromatic N) is 1. The fraction of sp³-hybridized carbons (Fsp3) is 0.0952. The molecule has 0 spiro atoms. The number of hydrogen-bond acceptors (Lipinski definition) is 0. The Kier molecular flexibility index (Phi) is 4.94. The lowest BCUT2D eigenvalue weighted by Crippen LogP contribution is -2.14. The average molecular weight is 550 g/mol. The molecule has 0 unspecified atom stereocenters. The molecule has 0 atom stereocenters. The highest BCUT2D eigenvalue weighted by atomic mass is 15.0. The van der Waals surface area contributed by atoms with Gasteiger partial charge in [-0.25, -0.2) is 0 Å². The molecule has 0 saturated carbocycles. The van der Waals surface area contributed by atoms with Gasteiger partial charge in [-0.05, 0) is 98.2 Å². The largest absolute Gasteiger partial charge is 0.309 e. The Hall–Kier alpha value is -5.14. The minimum absolute atomic E-state index is 0.0229. The van der Waals surface area contributed by atoms with Crippen LogP contribution in [-0.2, 0) is 5.41 Å². The maximum absolute atomic E-state index is 2.48. The van der Waals surface area contributed by atoms with Crippen molar-refractivity contribution in [3.05, 3.63) is 150 Å². The van der Waals surface area contributed by atoms with E-state index in [4.69, 9.17) is 0 Å². The summed E-state index contributed by atoms with van der Waals surface area (Å²) in [5.41, 5.74) is 13.0. The van der Waals surface area contributed by atoms with E-state index in [0.717, 1.165) is 0 Å². The topological polar surface area (TPSA) is 4.93 Å². The molecule has 43 heavy (non-hydrogen) atoms.